The van der Waals surface area contributed by atoms with Gasteiger partial charge in [0.2, 0.25) is 0 Å². The zero-order valence-electron chi connectivity index (χ0n) is 11.6. The van der Waals surface area contributed by atoms with Crippen LogP contribution >= 0.6 is 11.8 Å². The second kappa shape index (κ2) is 5.92. The second-order valence-electron chi connectivity index (χ2n) is 4.50. The Bertz CT molecular complexity index is 650. The van der Waals surface area contributed by atoms with E-state index in [0.29, 0.717) is 0 Å². The lowest BCUT2D eigenvalue weighted by Gasteiger charge is -2.07. The second-order valence-corrected chi connectivity index (χ2v) is 5.54. The number of benzene rings is 1. The molecule has 0 fully saturated rings. The Kier molecular flexibility index (Phi) is 4.24. The maximum atomic E-state index is 8.72. The number of nitrogens with two attached hydrogens (primary N) is 1. The summed E-state index contributed by atoms with van der Waals surface area (Å²) in [5, 5.41) is 12.5. The highest BCUT2D eigenvalue weighted by atomic mass is 32.2. The molecule has 0 aliphatic rings. The molecule has 0 saturated heterocycles. The Morgan fingerprint density at radius 1 is 1.15 bits per heavy atom. The van der Waals surface area contributed by atoms with Crippen LogP contribution in [0.15, 0.2) is 39.5 Å². The fourth-order valence-corrected chi connectivity index (χ4v) is 2.85. The minimum Gasteiger partial charge on any atom is -0.409 e. The van der Waals surface area contributed by atoms with Gasteiger partial charge < -0.3 is 10.9 Å². The summed E-state index contributed by atoms with van der Waals surface area (Å²) in [6, 6.07) is 7.65. The molecule has 3 N–H and O–H groups in total. The van der Waals surface area contributed by atoms with E-state index >= 15 is 0 Å². The third-order valence-electron chi connectivity index (χ3n) is 2.75. The molecule has 1 aromatic carbocycles. The van der Waals surface area contributed by atoms with Crippen molar-refractivity contribution in [1.82, 2.24) is 9.97 Å². The summed E-state index contributed by atoms with van der Waals surface area (Å²) < 4.78 is 0. The van der Waals surface area contributed by atoms with Gasteiger partial charge in [-0.05, 0) is 62.4 Å². The van der Waals surface area contributed by atoms with Crippen molar-refractivity contribution in [3.8, 4) is 0 Å². The Hall–Kier alpha value is -2.08. The first-order valence-corrected chi connectivity index (χ1v) is 6.90. The molecule has 1 heterocycles. The number of aromatic nitrogens is 2. The van der Waals surface area contributed by atoms with Gasteiger partial charge in [-0.1, -0.05) is 5.16 Å². The van der Waals surface area contributed by atoms with E-state index in [0.717, 1.165) is 32.6 Å². The number of oxime groups is 1. The molecule has 0 amide bonds. The van der Waals surface area contributed by atoms with Crippen molar-refractivity contribution in [1.29, 1.82) is 0 Å². The highest BCUT2D eigenvalue weighted by Gasteiger charge is 2.07. The molecule has 0 atom stereocenters. The predicted octanol–water partition coefficient (Wildman–Crippen LogP) is 2.65. The number of hydrogen-bond acceptors (Lipinski definition) is 5. The molecule has 5 nitrogen and oxygen atoms in total. The van der Waals surface area contributed by atoms with Crippen molar-refractivity contribution in [2.75, 3.05) is 0 Å². The Labute approximate surface area is 121 Å². The smallest absolute Gasteiger partial charge is 0.192 e. The highest BCUT2D eigenvalue weighted by molar-refractivity contribution is 7.99. The largest absolute Gasteiger partial charge is 0.409 e. The molecule has 2 rings (SSSR count). The number of amidine groups is 1. The van der Waals surface area contributed by atoms with E-state index in [1.165, 1.54) is 11.8 Å². The SMILES string of the molecule is Cc1cc(C)nc(Sc2ccc(/C(N)=N/O)c(C)c2)n1. The molecule has 0 aliphatic carbocycles. The summed E-state index contributed by atoms with van der Waals surface area (Å²) in [4.78, 5) is 9.81. The van der Waals surface area contributed by atoms with Gasteiger partial charge in [0.15, 0.2) is 11.0 Å². The summed E-state index contributed by atoms with van der Waals surface area (Å²) >= 11 is 1.49. The summed E-state index contributed by atoms with van der Waals surface area (Å²) in [5.41, 5.74) is 9.16. The molecular weight excluding hydrogens is 272 g/mol. The van der Waals surface area contributed by atoms with E-state index in [4.69, 9.17) is 10.9 Å². The van der Waals surface area contributed by atoms with E-state index in [2.05, 4.69) is 15.1 Å². The average molecular weight is 288 g/mol. The van der Waals surface area contributed by atoms with Crippen molar-refractivity contribution < 1.29 is 5.21 Å². The molecular formula is C14H16N4OS. The zero-order valence-corrected chi connectivity index (χ0v) is 12.4. The maximum absolute atomic E-state index is 8.72. The van der Waals surface area contributed by atoms with Crippen molar-refractivity contribution in [3.63, 3.8) is 0 Å². The highest BCUT2D eigenvalue weighted by Crippen LogP contribution is 2.26. The molecule has 0 spiro atoms. The van der Waals surface area contributed by atoms with Gasteiger partial charge in [-0.2, -0.15) is 0 Å². The number of nitrogens with zero attached hydrogens (tertiary/aromatic N) is 3. The van der Waals surface area contributed by atoms with Crippen LogP contribution in [0.2, 0.25) is 0 Å². The maximum Gasteiger partial charge on any atom is 0.192 e. The third-order valence-corrected chi connectivity index (χ3v) is 3.61. The lowest BCUT2D eigenvalue weighted by molar-refractivity contribution is 0.318. The first kappa shape index (κ1) is 14.3. The van der Waals surface area contributed by atoms with E-state index < -0.39 is 0 Å². The number of aryl methyl sites for hydroxylation is 3. The number of hydrogen-bond donors (Lipinski definition) is 2. The van der Waals surface area contributed by atoms with Crippen LogP contribution in [-0.2, 0) is 0 Å². The van der Waals surface area contributed by atoms with Gasteiger partial charge in [0.1, 0.15) is 0 Å². The van der Waals surface area contributed by atoms with Gasteiger partial charge >= 0.3 is 0 Å². The monoisotopic (exact) mass is 288 g/mol. The van der Waals surface area contributed by atoms with Crippen LogP contribution < -0.4 is 5.73 Å². The van der Waals surface area contributed by atoms with Crippen LogP contribution in [0.25, 0.3) is 0 Å². The molecule has 104 valence electrons. The first-order valence-electron chi connectivity index (χ1n) is 6.08. The fourth-order valence-electron chi connectivity index (χ4n) is 1.89. The lowest BCUT2D eigenvalue weighted by atomic mass is 10.1. The normalized spacial score (nSPS) is 11.7. The molecule has 20 heavy (non-hydrogen) atoms. The van der Waals surface area contributed by atoms with Crippen LogP contribution in [0, 0.1) is 20.8 Å². The Morgan fingerprint density at radius 2 is 1.80 bits per heavy atom. The molecule has 0 unspecified atom stereocenters. The van der Waals surface area contributed by atoms with Crippen molar-refractivity contribution >= 4 is 17.6 Å². The van der Waals surface area contributed by atoms with Crippen molar-refractivity contribution in [3.05, 3.63) is 46.8 Å². The summed E-state index contributed by atoms with van der Waals surface area (Å²) in [6.07, 6.45) is 0. The summed E-state index contributed by atoms with van der Waals surface area (Å²) in [7, 11) is 0. The minimum absolute atomic E-state index is 0.113. The summed E-state index contributed by atoms with van der Waals surface area (Å²) in [6.45, 7) is 5.82. The van der Waals surface area contributed by atoms with Crippen LogP contribution in [0.1, 0.15) is 22.5 Å². The van der Waals surface area contributed by atoms with Gasteiger partial charge in [-0.15, -0.1) is 0 Å². The van der Waals surface area contributed by atoms with E-state index in [-0.39, 0.29) is 5.84 Å². The molecule has 0 bridgehead atoms. The van der Waals surface area contributed by atoms with Gasteiger partial charge in [0.25, 0.3) is 0 Å². The van der Waals surface area contributed by atoms with E-state index in [1.54, 1.807) is 0 Å². The van der Waals surface area contributed by atoms with Crippen molar-refractivity contribution in [2.45, 2.75) is 30.8 Å². The Balaban J connectivity index is 2.28. The lowest BCUT2D eigenvalue weighted by Crippen LogP contribution is -2.14. The quantitative estimate of drug-likeness (QED) is 0.298. The zero-order chi connectivity index (χ0) is 14.7. The van der Waals surface area contributed by atoms with Crippen LogP contribution in [0.4, 0.5) is 0 Å². The molecule has 6 heteroatoms. The molecule has 2 aromatic rings. The van der Waals surface area contributed by atoms with Gasteiger partial charge in [0, 0.05) is 21.8 Å². The molecule has 0 radical (unpaired) electrons. The standard InChI is InChI=1S/C14H16N4OS/c1-8-6-11(4-5-12(8)13(15)18-19)20-14-16-9(2)7-10(3)17-14/h4-7,19H,1-3H3,(H2,15,18). The van der Waals surface area contributed by atoms with Gasteiger partial charge in [-0.25, -0.2) is 9.97 Å². The molecule has 0 saturated carbocycles. The van der Waals surface area contributed by atoms with Crippen LogP contribution in [0.3, 0.4) is 0 Å². The minimum atomic E-state index is 0.113. The van der Waals surface area contributed by atoms with Crippen molar-refractivity contribution in [2.24, 2.45) is 10.9 Å². The summed E-state index contributed by atoms with van der Waals surface area (Å²) in [5.74, 6) is 0.113. The van der Waals surface area contributed by atoms with Gasteiger partial charge in [-0.3, -0.25) is 0 Å². The third kappa shape index (κ3) is 3.27. The number of rotatable bonds is 3. The van der Waals surface area contributed by atoms with E-state index in [9.17, 15) is 0 Å². The average Bonchev–Trinajstić information content (AvgIpc) is 2.36. The van der Waals surface area contributed by atoms with Gasteiger partial charge in [0.05, 0.1) is 0 Å². The predicted molar refractivity (Wildman–Crippen MR) is 79.3 cm³/mol. The van der Waals surface area contributed by atoms with E-state index in [1.807, 2.05) is 45.0 Å². The first-order chi connectivity index (χ1) is 9.49. The Morgan fingerprint density at radius 3 is 2.35 bits per heavy atom. The van der Waals surface area contributed by atoms with Crippen LogP contribution in [-0.4, -0.2) is 21.0 Å². The molecule has 1 aromatic heterocycles. The topological polar surface area (TPSA) is 84.4 Å². The van der Waals surface area contributed by atoms with Crippen LogP contribution in [0.5, 0.6) is 0 Å². The molecule has 0 aliphatic heterocycles. The fraction of sp³-hybridized carbons (Fsp3) is 0.214.